The molecule has 1 amide bonds. The molecule has 0 aliphatic rings. The molecule has 67 heavy (non-hydrogen) atoms. The van der Waals surface area contributed by atoms with Gasteiger partial charge in [-0.1, -0.05) is 289 Å². The van der Waals surface area contributed by atoms with E-state index in [1.54, 1.807) is 0 Å². The molecule has 0 bridgehead atoms. The Bertz CT molecular complexity index is 1040. The molecule has 0 heterocycles. The van der Waals surface area contributed by atoms with Crippen LogP contribution >= 0.6 is 0 Å². The molecule has 0 radical (unpaired) electrons. The minimum absolute atomic E-state index is 0.00193. The van der Waals surface area contributed by atoms with Gasteiger partial charge in [0, 0.05) is 12.8 Å². The second kappa shape index (κ2) is 56.9. The van der Waals surface area contributed by atoms with Gasteiger partial charge >= 0.3 is 5.97 Å². The van der Waals surface area contributed by atoms with Gasteiger partial charge in [-0.2, -0.15) is 0 Å². The van der Waals surface area contributed by atoms with E-state index in [0.29, 0.717) is 25.9 Å². The Labute approximate surface area is 418 Å². The lowest BCUT2D eigenvalue weighted by Gasteiger charge is -2.22. The van der Waals surface area contributed by atoms with Crippen molar-refractivity contribution in [2.75, 3.05) is 13.2 Å². The number of allylic oxidation sites excluding steroid dienone is 4. The van der Waals surface area contributed by atoms with Crippen molar-refractivity contribution in [3.8, 4) is 0 Å². The highest BCUT2D eigenvalue weighted by atomic mass is 16.5. The molecule has 0 aliphatic heterocycles. The van der Waals surface area contributed by atoms with Crippen LogP contribution in [0.4, 0.5) is 0 Å². The molecule has 0 spiro atoms. The van der Waals surface area contributed by atoms with Crippen LogP contribution in [0.25, 0.3) is 0 Å². The fourth-order valence-electron chi connectivity index (χ4n) is 9.39. The lowest BCUT2D eigenvalue weighted by atomic mass is 10.0. The lowest BCUT2D eigenvalue weighted by Crippen LogP contribution is -2.45. The summed E-state index contributed by atoms with van der Waals surface area (Å²) >= 11 is 0. The van der Waals surface area contributed by atoms with E-state index in [1.807, 2.05) is 0 Å². The third-order valence-electron chi connectivity index (χ3n) is 14.0. The Kier molecular flexibility index (Phi) is 55.5. The van der Waals surface area contributed by atoms with Crippen molar-refractivity contribution in [2.24, 2.45) is 0 Å². The molecular formula is C61H117NO5. The summed E-state index contributed by atoms with van der Waals surface area (Å²) in [5, 5.41) is 23.2. The molecule has 0 saturated carbocycles. The van der Waals surface area contributed by atoms with Crippen molar-refractivity contribution in [1.82, 2.24) is 5.32 Å². The quantitative estimate of drug-likeness (QED) is 0.0321. The zero-order chi connectivity index (χ0) is 48.6. The summed E-state index contributed by atoms with van der Waals surface area (Å²) in [6.45, 7) is 4.89. The molecule has 6 nitrogen and oxygen atoms in total. The molecule has 2 atom stereocenters. The number of aliphatic hydroxyl groups excluding tert-OH is 2. The van der Waals surface area contributed by atoms with Crippen LogP contribution in [0.1, 0.15) is 328 Å². The van der Waals surface area contributed by atoms with E-state index in [0.717, 1.165) is 51.4 Å². The maximum Gasteiger partial charge on any atom is 0.305 e. The highest BCUT2D eigenvalue weighted by Crippen LogP contribution is 2.18. The van der Waals surface area contributed by atoms with Gasteiger partial charge in [-0.25, -0.2) is 0 Å². The van der Waals surface area contributed by atoms with Crippen LogP contribution in [0.2, 0.25) is 0 Å². The first-order chi connectivity index (χ1) is 33.0. The molecule has 0 fully saturated rings. The average molecular weight is 945 g/mol. The number of aliphatic hydroxyl groups is 2. The number of hydrogen-bond donors (Lipinski definition) is 3. The SMILES string of the molecule is CCC/C=C\C/C=C\CCCCCCCC(=O)OCCCCCCCCCCCCCCCCCCCCCCCCCCCCC(=O)NC(CO)C(O)CCCCCCCCCCCCC. The topological polar surface area (TPSA) is 95.9 Å². The second-order valence-corrected chi connectivity index (χ2v) is 20.7. The highest BCUT2D eigenvalue weighted by molar-refractivity contribution is 5.76. The summed E-state index contributed by atoms with van der Waals surface area (Å²) in [6, 6.07) is -0.538. The molecule has 0 aliphatic carbocycles. The van der Waals surface area contributed by atoms with Crippen molar-refractivity contribution in [1.29, 1.82) is 0 Å². The average Bonchev–Trinajstić information content (AvgIpc) is 3.33. The van der Waals surface area contributed by atoms with Crippen LogP contribution in [0, 0.1) is 0 Å². The zero-order valence-electron chi connectivity index (χ0n) is 45.1. The maximum absolute atomic E-state index is 12.4. The monoisotopic (exact) mass is 944 g/mol. The number of nitrogens with one attached hydrogen (secondary N) is 1. The van der Waals surface area contributed by atoms with Crippen molar-refractivity contribution >= 4 is 11.9 Å². The Balaban J connectivity index is 3.33. The minimum Gasteiger partial charge on any atom is -0.466 e. The predicted octanol–water partition coefficient (Wildman–Crippen LogP) is 18.6. The molecule has 0 saturated heterocycles. The third kappa shape index (κ3) is 53.5. The first kappa shape index (κ1) is 65.3. The van der Waals surface area contributed by atoms with Crippen LogP contribution in [0.15, 0.2) is 24.3 Å². The van der Waals surface area contributed by atoms with Gasteiger partial charge in [0.15, 0.2) is 0 Å². The standard InChI is InChI=1S/C61H117NO5/c1-3-5-7-9-11-13-15-30-35-39-43-47-51-55-61(66)67-56-52-48-44-40-36-32-29-27-25-23-21-19-17-16-18-20-22-24-26-28-31-34-38-42-46-50-54-60(65)62-58(57-63)59(64)53-49-45-41-37-33-14-12-10-8-6-4-2/h7,9,13,15,58-59,63-64H,3-6,8,10-12,14,16-57H2,1-2H3,(H,62,65)/b9-7-,15-13-. The smallest absolute Gasteiger partial charge is 0.305 e. The molecule has 6 heteroatoms. The highest BCUT2D eigenvalue weighted by Gasteiger charge is 2.20. The van der Waals surface area contributed by atoms with E-state index in [4.69, 9.17) is 4.74 Å². The predicted molar refractivity (Wildman–Crippen MR) is 292 cm³/mol. The van der Waals surface area contributed by atoms with Crippen LogP contribution in [-0.2, 0) is 14.3 Å². The zero-order valence-corrected chi connectivity index (χ0v) is 45.1. The normalized spacial score (nSPS) is 12.7. The van der Waals surface area contributed by atoms with E-state index in [1.165, 1.54) is 244 Å². The van der Waals surface area contributed by atoms with E-state index >= 15 is 0 Å². The number of rotatable bonds is 56. The first-order valence-corrected chi connectivity index (χ1v) is 30.1. The largest absolute Gasteiger partial charge is 0.466 e. The van der Waals surface area contributed by atoms with Crippen molar-refractivity contribution in [3.05, 3.63) is 24.3 Å². The van der Waals surface area contributed by atoms with Gasteiger partial charge in [0.2, 0.25) is 5.91 Å². The van der Waals surface area contributed by atoms with Crippen LogP contribution < -0.4 is 5.32 Å². The number of amides is 1. The fraction of sp³-hybridized carbons (Fsp3) is 0.902. The van der Waals surface area contributed by atoms with Gasteiger partial charge in [-0.15, -0.1) is 0 Å². The van der Waals surface area contributed by atoms with E-state index in [-0.39, 0.29) is 18.5 Å². The van der Waals surface area contributed by atoms with Crippen LogP contribution in [-0.4, -0.2) is 47.4 Å². The fourth-order valence-corrected chi connectivity index (χ4v) is 9.39. The van der Waals surface area contributed by atoms with E-state index < -0.39 is 12.1 Å². The van der Waals surface area contributed by atoms with Crippen molar-refractivity contribution in [2.45, 2.75) is 341 Å². The molecule has 3 N–H and O–H groups in total. The Morgan fingerprint density at radius 2 is 0.776 bits per heavy atom. The lowest BCUT2D eigenvalue weighted by molar-refractivity contribution is -0.143. The number of unbranched alkanes of at least 4 members (excludes halogenated alkanes) is 41. The summed E-state index contributed by atoms with van der Waals surface area (Å²) in [7, 11) is 0. The summed E-state index contributed by atoms with van der Waals surface area (Å²) in [4.78, 5) is 24.5. The molecule has 2 unspecified atom stereocenters. The first-order valence-electron chi connectivity index (χ1n) is 30.1. The second-order valence-electron chi connectivity index (χ2n) is 20.7. The summed E-state index contributed by atoms with van der Waals surface area (Å²) in [6.07, 6.45) is 69.1. The van der Waals surface area contributed by atoms with Gasteiger partial charge < -0.3 is 20.3 Å². The number of hydrogen-bond acceptors (Lipinski definition) is 5. The Morgan fingerprint density at radius 3 is 1.19 bits per heavy atom. The molecule has 0 aromatic carbocycles. The molecular weight excluding hydrogens is 827 g/mol. The van der Waals surface area contributed by atoms with Crippen molar-refractivity contribution in [3.63, 3.8) is 0 Å². The molecule has 396 valence electrons. The minimum atomic E-state index is -0.661. The van der Waals surface area contributed by atoms with E-state index in [2.05, 4.69) is 43.5 Å². The summed E-state index contributed by atoms with van der Waals surface area (Å²) in [5.74, 6) is -0.0309. The summed E-state index contributed by atoms with van der Waals surface area (Å²) < 4.78 is 5.47. The van der Waals surface area contributed by atoms with Crippen LogP contribution in [0.3, 0.4) is 0 Å². The molecule has 0 aromatic heterocycles. The van der Waals surface area contributed by atoms with Crippen LogP contribution in [0.5, 0.6) is 0 Å². The van der Waals surface area contributed by atoms with E-state index in [9.17, 15) is 19.8 Å². The number of esters is 1. The van der Waals surface area contributed by atoms with Crippen molar-refractivity contribution < 1.29 is 24.5 Å². The Morgan fingerprint density at radius 1 is 0.418 bits per heavy atom. The van der Waals surface area contributed by atoms with Gasteiger partial charge in [0.1, 0.15) is 0 Å². The van der Waals surface area contributed by atoms with Gasteiger partial charge in [-0.05, 0) is 51.4 Å². The van der Waals surface area contributed by atoms with Gasteiger partial charge in [0.05, 0.1) is 25.4 Å². The Hall–Kier alpha value is -1.66. The number of carbonyl (C=O) groups excluding carboxylic acids is 2. The molecule has 0 aromatic rings. The maximum atomic E-state index is 12.4. The van der Waals surface area contributed by atoms with Gasteiger partial charge in [0.25, 0.3) is 0 Å². The summed E-state index contributed by atoms with van der Waals surface area (Å²) in [5.41, 5.74) is 0. The number of carbonyl (C=O) groups is 2. The molecule has 0 rings (SSSR count). The number of ether oxygens (including phenoxy) is 1. The third-order valence-corrected chi connectivity index (χ3v) is 14.0. The van der Waals surface area contributed by atoms with Gasteiger partial charge in [-0.3, -0.25) is 9.59 Å².